The standard InChI is InChI=1S/C21H15Cl/c1-14-10-11-21(22)15(12-14)13-20-18-8-4-2-6-16(18)17-7-3-5-9-19(17)20/h2-13H,1H3. The van der Waals surface area contributed by atoms with Crippen molar-refractivity contribution in [2.24, 2.45) is 0 Å². The first-order valence-corrected chi connectivity index (χ1v) is 7.79. The van der Waals surface area contributed by atoms with Crippen LogP contribution >= 0.6 is 11.6 Å². The minimum atomic E-state index is 0.792. The van der Waals surface area contributed by atoms with Crippen LogP contribution in [-0.2, 0) is 0 Å². The Balaban J connectivity index is 1.99. The number of aryl methyl sites for hydroxylation is 1. The Morgan fingerprint density at radius 1 is 0.727 bits per heavy atom. The molecule has 0 N–H and O–H groups in total. The van der Waals surface area contributed by atoms with E-state index in [1.807, 2.05) is 12.1 Å². The van der Waals surface area contributed by atoms with E-state index >= 15 is 0 Å². The van der Waals surface area contributed by atoms with Crippen LogP contribution in [0, 0.1) is 6.92 Å². The van der Waals surface area contributed by atoms with Crippen molar-refractivity contribution in [3.05, 3.63) is 94.0 Å². The van der Waals surface area contributed by atoms with Crippen LogP contribution in [0.1, 0.15) is 22.3 Å². The first kappa shape index (κ1) is 13.4. The Bertz CT molecular complexity index is 856. The summed E-state index contributed by atoms with van der Waals surface area (Å²) in [6.45, 7) is 2.09. The number of hydrogen-bond donors (Lipinski definition) is 0. The third-order valence-electron chi connectivity index (χ3n) is 4.18. The van der Waals surface area contributed by atoms with Gasteiger partial charge in [0.05, 0.1) is 0 Å². The molecule has 0 amide bonds. The highest BCUT2D eigenvalue weighted by atomic mass is 35.5. The molecule has 1 aliphatic carbocycles. The minimum absolute atomic E-state index is 0.792. The van der Waals surface area contributed by atoms with E-state index in [1.165, 1.54) is 33.4 Å². The maximum Gasteiger partial charge on any atom is 0.0478 e. The monoisotopic (exact) mass is 302 g/mol. The molecule has 0 saturated carbocycles. The predicted octanol–water partition coefficient (Wildman–Crippen LogP) is 6.22. The molecule has 1 aliphatic rings. The van der Waals surface area contributed by atoms with Gasteiger partial charge in [0.25, 0.3) is 0 Å². The number of rotatable bonds is 1. The van der Waals surface area contributed by atoms with Crippen molar-refractivity contribution < 1.29 is 0 Å². The summed E-state index contributed by atoms with van der Waals surface area (Å²) in [4.78, 5) is 0. The summed E-state index contributed by atoms with van der Waals surface area (Å²) >= 11 is 6.38. The van der Waals surface area contributed by atoms with Gasteiger partial charge in [0.2, 0.25) is 0 Å². The van der Waals surface area contributed by atoms with Gasteiger partial charge in [-0.1, -0.05) is 77.8 Å². The molecule has 106 valence electrons. The first-order chi connectivity index (χ1) is 10.7. The van der Waals surface area contributed by atoms with Gasteiger partial charge in [0.1, 0.15) is 0 Å². The highest BCUT2D eigenvalue weighted by Gasteiger charge is 2.22. The van der Waals surface area contributed by atoms with E-state index < -0.39 is 0 Å². The molecule has 22 heavy (non-hydrogen) atoms. The molecule has 0 unspecified atom stereocenters. The molecule has 0 heterocycles. The number of hydrogen-bond acceptors (Lipinski definition) is 0. The molecule has 0 spiro atoms. The van der Waals surface area contributed by atoms with Gasteiger partial charge in [0, 0.05) is 5.02 Å². The van der Waals surface area contributed by atoms with Crippen LogP contribution in [0.5, 0.6) is 0 Å². The topological polar surface area (TPSA) is 0 Å². The normalized spacial score (nSPS) is 12.0. The molecular weight excluding hydrogens is 288 g/mol. The quantitative estimate of drug-likeness (QED) is 0.391. The highest BCUT2D eigenvalue weighted by molar-refractivity contribution is 6.32. The molecule has 3 aromatic rings. The Kier molecular flexibility index (Phi) is 3.13. The van der Waals surface area contributed by atoms with Crippen LogP contribution in [0.4, 0.5) is 0 Å². The van der Waals surface area contributed by atoms with E-state index in [9.17, 15) is 0 Å². The van der Waals surface area contributed by atoms with Crippen molar-refractivity contribution in [2.75, 3.05) is 0 Å². The average Bonchev–Trinajstić information content (AvgIpc) is 2.86. The molecule has 0 atom stereocenters. The minimum Gasteiger partial charge on any atom is -0.0837 e. The third kappa shape index (κ3) is 2.08. The number of halogens is 1. The SMILES string of the molecule is Cc1ccc(Cl)c(C=C2c3ccccc3-c3ccccc32)c1. The van der Waals surface area contributed by atoms with Crippen molar-refractivity contribution in [2.45, 2.75) is 6.92 Å². The van der Waals surface area contributed by atoms with E-state index in [1.54, 1.807) is 0 Å². The Labute approximate surface area is 135 Å². The van der Waals surface area contributed by atoms with Gasteiger partial charge < -0.3 is 0 Å². The van der Waals surface area contributed by atoms with E-state index in [0.29, 0.717) is 0 Å². The molecule has 0 bridgehead atoms. The van der Waals surface area contributed by atoms with E-state index in [2.05, 4.69) is 67.6 Å². The van der Waals surface area contributed by atoms with Crippen molar-refractivity contribution in [1.29, 1.82) is 0 Å². The second-order valence-electron chi connectivity index (χ2n) is 5.67. The molecule has 0 radical (unpaired) electrons. The third-order valence-corrected chi connectivity index (χ3v) is 4.52. The zero-order valence-electron chi connectivity index (χ0n) is 12.3. The van der Waals surface area contributed by atoms with E-state index in [0.717, 1.165) is 10.6 Å². The maximum absolute atomic E-state index is 6.38. The molecule has 0 nitrogen and oxygen atoms in total. The van der Waals surface area contributed by atoms with Crippen LogP contribution in [-0.4, -0.2) is 0 Å². The van der Waals surface area contributed by atoms with E-state index in [-0.39, 0.29) is 0 Å². The second-order valence-corrected chi connectivity index (χ2v) is 6.08. The fourth-order valence-corrected chi connectivity index (χ4v) is 3.31. The zero-order valence-corrected chi connectivity index (χ0v) is 13.1. The van der Waals surface area contributed by atoms with Crippen molar-refractivity contribution in [1.82, 2.24) is 0 Å². The average molecular weight is 303 g/mol. The van der Waals surface area contributed by atoms with Gasteiger partial charge in [0.15, 0.2) is 0 Å². The molecular formula is C21H15Cl. The van der Waals surface area contributed by atoms with Crippen LogP contribution in [0.25, 0.3) is 22.8 Å². The lowest BCUT2D eigenvalue weighted by atomic mass is 10.0. The summed E-state index contributed by atoms with van der Waals surface area (Å²) in [5.41, 5.74) is 8.70. The van der Waals surface area contributed by atoms with Gasteiger partial charge in [-0.05, 0) is 52.5 Å². The smallest absolute Gasteiger partial charge is 0.0478 e. The van der Waals surface area contributed by atoms with E-state index in [4.69, 9.17) is 11.6 Å². The first-order valence-electron chi connectivity index (χ1n) is 7.41. The highest BCUT2D eigenvalue weighted by Crippen LogP contribution is 2.45. The predicted molar refractivity (Wildman–Crippen MR) is 95.0 cm³/mol. The summed E-state index contributed by atoms with van der Waals surface area (Å²) in [6.07, 6.45) is 2.21. The summed E-state index contributed by atoms with van der Waals surface area (Å²) in [5, 5.41) is 0.792. The van der Waals surface area contributed by atoms with Gasteiger partial charge in [-0.25, -0.2) is 0 Å². The molecule has 0 aromatic heterocycles. The van der Waals surface area contributed by atoms with Crippen molar-refractivity contribution >= 4 is 23.3 Å². The molecule has 4 rings (SSSR count). The Morgan fingerprint density at radius 2 is 1.27 bits per heavy atom. The summed E-state index contributed by atoms with van der Waals surface area (Å²) in [5.74, 6) is 0. The Hall–Kier alpha value is -2.31. The van der Waals surface area contributed by atoms with Gasteiger partial charge in [-0.3, -0.25) is 0 Å². The lowest BCUT2D eigenvalue weighted by molar-refractivity contribution is 1.46. The summed E-state index contributed by atoms with van der Waals surface area (Å²) in [7, 11) is 0. The van der Waals surface area contributed by atoms with Crippen molar-refractivity contribution in [3.8, 4) is 11.1 Å². The van der Waals surface area contributed by atoms with Crippen LogP contribution in [0.3, 0.4) is 0 Å². The number of fused-ring (bicyclic) bond motifs is 3. The summed E-state index contributed by atoms with van der Waals surface area (Å²) in [6, 6.07) is 23.3. The van der Waals surface area contributed by atoms with Crippen LogP contribution < -0.4 is 0 Å². The number of benzene rings is 3. The molecule has 0 fully saturated rings. The Morgan fingerprint density at radius 3 is 1.86 bits per heavy atom. The summed E-state index contributed by atoms with van der Waals surface area (Å²) < 4.78 is 0. The maximum atomic E-state index is 6.38. The van der Waals surface area contributed by atoms with Crippen molar-refractivity contribution in [3.63, 3.8) is 0 Å². The zero-order chi connectivity index (χ0) is 15.1. The fraction of sp³-hybridized carbons (Fsp3) is 0.0476. The lowest BCUT2D eigenvalue weighted by Crippen LogP contribution is -1.84. The molecule has 3 aromatic carbocycles. The van der Waals surface area contributed by atoms with Gasteiger partial charge in [-0.2, -0.15) is 0 Å². The van der Waals surface area contributed by atoms with Crippen LogP contribution in [0.2, 0.25) is 5.02 Å². The molecule has 0 aliphatic heterocycles. The molecule has 0 saturated heterocycles. The lowest BCUT2D eigenvalue weighted by Gasteiger charge is -2.05. The van der Waals surface area contributed by atoms with Gasteiger partial charge in [-0.15, -0.1) is 0 Å². The van der Waals surface area contributed by atoms with Gasteiger partial charge >= 0.3 is 0 Å². The fourth-order valence-electron chi connectivity index (χ4n) is 3.14. The molecule has 1 heteroatoms. The largest absolute Gasteiger partial charge is 0.0837 e. The van der Waals surface area contributed by atoms with Crippen LogP contribution in [0.15, 0.2) is 66.7 Å². The second kappa shape index (κ2) is 5.15.